The maximum Gasteiger partial charge on any atom is 0.315 e. The number of imidazole rings is 1. The number of carbonyl (C=O) groups excluding carboxylic acids is 1. The standard InChI is InChI=1S/C19H26N4O6/c1-9(2)21-19(25)22-15-14-7-28-18(29-14)16(17(15)24)23-8-20-10-5-12(26-3)13(27-4)6-11(10)23/h5-6,8-9,14-18,24H,7H2,1-4H3,(H2,21,22,25)/t14-,15-,16-,17+,18-/m1/s1. The topological polar surface area (TPSA) is 116 Å². The molecule has 2 aromatic rings. The number of nitrogens with one attached hydrogen (secondary N) is 2. The minimum Gasteiger partial charge on any atom is -0.493 e. The Hall–Kier alpha value is -2.56. The van der Waals surface area contributed by atoms with Crippen LogP contribution in [-0.4, -0.2) is 72.1 Å². The van der Waals surface area contributed by atoms with Crippen molar-refractivity contribution in [3.63, 3.8) is 0 Å². The van der Waals surface area contributed by atoms with Gasteiger partial charge in [-0.2, -0.15) is 0 Å². The molecule has 2 bridgehead atoms. The van der Waals surface area contributed by atoms with Crippen molar-refractivity contribution in [2.75, 3.05) is 20.8 Å². The van der Waals surface area contributed by atoms with E-state index in [4.69, 9.17) is 18.9 Å². The van der Waals surface area contributed by atoms with Crippen molar-refractivity contribution in [1.29, 1.82) is 0 Å². The summed E-state index contributed by atoms with van der Waals surface area (Å²) in [5.41, 5.74) is 1.41. The van der Waals surface area contributed by atoms with Crippen LogP contribution in [-0.2, 0) is 9.47 Å². The average Bonchev–Trinajstić information content (AvgIpc) is 3.29. The number of rotatable bonds is 5. The minimum atomic E-state index is -0.940. The molecule has 10 nitrogen and oxygen atoms in total. The third-order valence-corrected chi connectivity index (χ3v) is 5.25. The highest BCUT2D eigenvalue weighted by Gasteiger charge is 2.51. The van der Waals surface area contributed by atoms with Crippen molar-refractivity contribution >= 4 is 17.1 Å². The van der Waals surface area contributed by atoms with Crippen molar-refractivity contribution in [3.8, 4) is 11.5 Å². The number of amides is 2. The van der Waals surface area contributed by atoms with E-state index in [1.54, 1.807) is 37.2 Å². The lowest BCUT2D eigenvalue weighted by molar-refractivity contribution is -0.162. The van der Waals surface area contributed by atoms with Gasteiger partial charge in [0.25, 0.3) is 0 Å². The number of aliphatic hydroxyl groups is 1. The number of fused-ring (bicyclic) bond motifs is 3. The first-order chi connectivity index (χ1) is 13.9. The second-order valence-corrected chi connectivity index (χ2v) is 7.50. The number of aromatic nitrogens is 2. The highest BCUT2D eigenvalue weighted by molar-refractivity contribution is 5.80. The third-order valence-electron chi connectivity index (χ3n) is 5.25. The summed E-state index contributed by atoms with van der Waals surface area (Å²) in [4.78, 5) is 16.6. The smallest absolute Gasteiger partial charge is 0.315 e. The molecule has 0 aliphatic carbocycles. The molecule has 0 unspecified atom stereocenters. The fraction of sp³-hybridized carbons (Fsp3) is 0.579. The number of nitrogens with zero attached hydrogens (tertiary/aromatic N) is 2. The van der Waals surface area contributed by atoms with E-state index >= 15 is 0 Å². The largest absolute Gasteiger partial charge is 0.493 e. The van der Waals surface area contributed by atoms with E-state index < -0.39 is 30.6 Å². The Morgan fingerprint density at radius 1 is 1.31 bits per heavy atom. The Morgan fingerprint density at radius 3 is 2.72 bits per heavy atom. The van der Waals surface area contributed by atoms with E-state index in [1.165, 1.54) is 0 Å². The average molecular weight is 406 g/mol. The van der Waals surface area contributed by atoms with E-state index in [-0.39, 0.29) is 18.7 Å². The van der Waals surface area contributed by atoms with E-state index in [0.29, 0.717) is 17.0 Å². The molecule has 158 valence electrons. The van der Waals surface area contributed by atoms with Gasteiger partial charge in [0.1, 0.15) is 18.2 Å². The third kappa shape index (κ3) is 3.47. The molecule has 4 rings (SSSR count). The zero-order chi connectivity index (χ0) is 20.7. The maximum atomic E-state index is 12.2. The molecule has 1 aromatic carbocycles. The molecule has 2 saturated heterocycles. The van der Waals surface area contributed by atoms with Gasteiger partial charge in [-0.05, 0) is 13.8 Å². The first-order valence-corrected chi connectivity index (χ1v) is 9.53. The lowest BCUT2D eigenvalue weighted by Crippen LogP contribution is -2.60. The second kappa shape index (κ2) is 7.69. The lowest BCUT2D eigenvalue weighted by atomic mass is 9.95. The molecule has 2 amide bonds. The van der Waals surface area contributed by atoms with Crippen LogP contribution in [0.25, 0.3) is 11.0 Å². The summed E-state index contributed by atoms with van der Waals surface area (Å²) in [5, 5.41) is 16.7. The van der Waals surface area contributed by atoms with Crippen LogP contribution in [0.15, 0.2) is 18.5 Å². The van der Waals surface area contributed by atoms with Crippen LogP contribution in [0.5, 0.6) is 11.5 Å². The van der Waals surface area contributed by atoms with Crippen molar-refractivity contribution in [3.05, 3.63) is 18.5 Å². The second-order valence-electron chi connectivity index (χ2n) is 7.50. The van der Waals surface area contributed by atoms with Crippen molar-refractivity contribution < 1.29 is 28.8 Å². The van der Waals surface area contributed by atoms with Gasteiger partial charge >= 0.3 is 6.03 Å². The van der Waals surface area contributed by atoms with Gasteiger partial charge in [0.05, 0.1) is 44.2 Å². The molecular weight excluding hydrogens is 380 g/mol. The number of hydrogen-bond acceptors (Lipinski definition) is 7. The van der Waals surface area contributed by atoms with E-state index in [0.717, 1.165) is 5.52 Å². The molecular formula is C19H26N4O6. The van der Waals surface area contributed by atoms with Gasteiger partial charge in [-0.3, -0.25) is 0 Å². The van der Waals surface area contributed by atoms with Crippen molar-refractivity contribution in [2.45, 2.75) is 50.5 Å². The highest BCUT2D eigenvalue weighted by Crippen LogP contribution is 2.39. The van der Waals surface area contributed by atoms with Crippen LogP contribution in [0.1, 0.15) is 19.9 Å². The molecule has 5 atom stereocenters. The fourth-order valence-electron chi connectivity index (χ4n) is 3.92. The summed E-state index contributed by atoms with van der Waals surface area (Å²) < 4.78 is 24.2. The van der Waals surface area contributed by atoms with E-state index in [2.05, 4.69) is 15.6 Å². The summed E-state index contributed by atoms with van der Waals surface area (Å²) in [6.07, 6.45) is -0.390. The summed E-state index contributed by atoms with van der Waals surface area (Å²) in [7, 11) is 3.12. The maximum absolute atomic E-state index is 12.2. The lowest BCUT2D eigenvalue weighted by Gasteiger charge is -2.39. The number of hydrogen-bond donors (Lipinski definition) is 3. The van der Waals surface area contributed by atoms with Gasteiger partial charge in [0, 0.05) is 18.2 Å². The van der Waals surface area contributed by atoms with Crippen LogP contribution in [0.3, 0.4) is 0 Å². The highest BCUT2D eigenvalue weighted by atomic mass is 16.7. The summed E-state index contributed by atoms with van der Waals surface area (Å²) in [6.45, 7) is 4.02. The predicted octanol–water partition coefficient (Wildman–Crippen LogP) is 0.787. The number of carbonyl (C=O) groups is 1. The molecule has 0 spiro atoms. The number of ether oxygens (including phenoxy) is 4. The number of methoxy groups -OCH3 is 2. The Kier molecular flexibility index (Phi) is 5.24. The van der Waals surface area contributed by atoms with Crippen LogP contribution in [0.2, 0.25) is 0 Å². The van der Waals surface area contributed by atoms with Gasteiger partial charge in [0.15, 0.2) is 17.8 Å². The quantitative estimate of drug-likeness (QED) is 0.672. The predicted molar refractivity (Wildman–Crippen MR) is 103 cm³/mol. The molecule has 3 heterocycles. The summed E-state index contributed by atoms with van der Waals surface area (Å²) in [6, 6.07) is 1.95. The number of urea groups is 1. The van der Waals surface area contributed by atoms with Crippen molar-refractivity contribution in [1.82, 2.24) is 20.2 Å². The van der Waals surface area contributed by atoms with Gasteiger partial charge < -0.3 is 39.3 Å². The number of benzene rings is 1. The molecule has 10 heteroatoms. The number of aliphatic hydroxyl groups excluding tert-OH is 1. The Bertz CT molecular complexity index is 900. The summed E-state index contributed by atoms with van der Waals surface area (Å²) in [5.74, 6) is 1.11. The Balaban J connectivity index is 1.68. The van der Waals surface area contributed by atoms with Gasteiger partial charge in [-0.1, -0.05) is 0 Å². The van der Waals surface area contributed by atoms with Gasteiger partial charge in [0.2, 0.25) is 0 Å². The van der Waals surface area contributed by atoms with Gasteiger partial charge in [-0.25, -0.2) is 9.78 Å². The molecule has 29 heavy (non-hydrogen) atoms. The first kappa shape index (κ1) is 19.7. The Morgan fingerprint density at radius 2 is 2.03 bits per heavy atom. The normalized spacial score (nSPS) is 28.6. The molecule has 2 aliphatic rings. The van der Waals surface area contributed by atoms with Crippen LogP contribution in [0, 0.1) is 0 Å². The van der Waals surface area contributed by atoms with Crippen LogP contribution >= 0.6 is 0 Å². The van der Waals surface area contributed by atoms with Gasteiger partial charge in [-0.15, -0.1) is 0 Å². The monoisotopic (exact) mass is 406 g/mol. The molecule has 0 radical (unpaired) electrons. The zero-order valence-electron chi connectivity index (χ0n) is 16.8. The fourth-order valence-corrected chi connectivity index (χ4v) is 3.92. The van der Waals surface area contributed by atoms with E-state index in [1.807, 2.05) is 13.8 Å². The molecule has 3 N–H and O–H groups in total. The first-order valence-electron chi connectivity index (χ1n) is 9.53. The van der Waals surface area contributed by atoms with Crippen molar-refractivity contribution in [2.24, 2.45) is 0 Å². The molecule has 1 aromatic heterocycles. The van der Waals surface area contributed by atoms with Crippen LogP contribution < -0.4 is 20.1 Å². The Labute approximate surface area is 168 Å². The minimum absolute atomic E-state index is 0.0277. The molecule has 2 aliphatic heterocycles. The molecule has 0 saturated carbocycles. The summed E-state index contributed by atoms with van der Waals surface area (Å²) >= 11 is 0. The molecule has 2 fully saturated rings. The zero-order valence-corrected chi connectivity index (χ0v) is 16.8. The SMILES string of the molecule is COc1cc2ncn([C@H]3[C@@H]4OC[C@@H](O4)[C@@H](NC(=O)NC(C)C)[C@@H]3O)c2cc1OC. The van der Waals surface area contributed by atoms with Crippen LogP contribution in [0.4, 0.5) is 4.79 Å². The van der Waals surface area contributed by atoms with E-state index in [9.17, 15) is 9.90 Å².